The predicted molar refractivity (Wildman–Crippen MR) is 102 cm³/mol. The second-order valence-electron chi connectivity index (χ2n) is 7.06. The molecular weight excluding hydrogens is 408 g/mol. The summed E-state index contributed by atoms with van der Waals surface area (Å²) in [6.07, 6.45) is -0.114. The fourth-order valence-corrected chi connectivity index (χ4v) is 2.69. The van der Waals surface area contributed by atoms with Crippen LogP contribution in [0.15, 0.2) is 22.7 Å². The summed E-state index contributed by atoms with van der Waals surface area (Å²) in [7, 11) is 0. The molecule has 7 heteroatoms. The van der Waals surface area contributed by atoms with E-state index in [2.05, 4.69) is 22.9 Å². The van der Waals surface area contributed by atoms with E-state index in [-0.39, 0.29) is 6.54 Å². The van der Waals surface area contributed by atoms with E-state index < -0.39 is 24.7 Å². The lowest BCUT2D eigenvalue weighted by atomic mass is 10.1. The zero-order valence-electron chi connectivity index (χ0n) is 15.9. The Morgan fingerprint density at radius 1 is 1.27 bits per heavy atom. The highest BCUT2D eigenvalue weighted by molar-refractivity contribution is 9.10. The van der Waals surface area contributed by atoms with Crippen LogP contribution in [0, 0.1) is 0 Å². The number of benzene rings is 1. The van der Waals surface area contributed by atoms with Gasteiger partial charge in [0, 0.05) is 16.6 Å². The van der Waals surface area contributed by atoms with Gasteiger partial charge in [0.05, 0.1) is 6.54 Å². The highest BCUT2D eigenvalue weighted by atomic mass is 79.9. The number of amides is 1. The van der Waals surface area contributed by atoms with Gasteiger partial charge >= 0.3 is 6.09 Å². The molecule has 0 fully saturated rings. The Kier molecular flexibility index (Phi) is 9.33. The molecule has 0 atom stereocenters. The van der Waals surface area contributed by atoms with Crippen LogP contribution in [0.3, 0.4) is 0 Å². The summed E-state index contributed by atoms with van der Waals surface area (Å²) in [5.74, 6) is 0.345. The number of hydrogen-bond acceptors (Lipinski definition) is 3. The van der Waals surface area contributed by atoms with Gasteiger partial charge < -0.3 is 14.4 Å². The van der Waals surface area contributed by atoms with Crippen molar-refractivity contribution in [3.63, 3.8) is 0 Å². The molecule has 0 aliphatic heterocycles. The summed E-state index contributed by atoms with van der Waals surface area (Å²) in [5.41, 5.74) is 0.0502. The summed E-state index contributed by atoms with van der Waals surface area (Å²) in [6, 6.07) is 5.12. The van der Waals surface area contributed by atoms with E-state index in [1.165, 1.54) is 0 Å². The molecule has 0 aliphatic rings. The lowest BCUT2D eigenvalue weighted by Crippen LogP contribution is -2.37. The molecular formula is C19H28BrF2NO3. The van der Waals surface area contributed by atoms with Crippen molar-refractivity contribution in [3.8, 4) is 5.75 Å². The monoisotopic (exact) mass is 435 g/mol. The Bertz CT molecular complexity index is 576. The molecule has 0 unspecified atom stereocenters. The van der Waals surface area contributed by atoms with Gasteiger partial charge in [0.15, 0.2) is 0 Å². The van der Waals surface area contributed by atoms with Crippen LogP contribution in [0.4, 0.5) is 13.6 Å². The van der Waals surface area contributed by atoms with Crippen molar-refractivity contribution in [2.45, 2.75) is 65.5 Å². The summed E-state index contributed by atoms with van der Waals surface area (Å²) >= 11 is 3.38. The summed E-state index contributed by atoms with van der Waals surface area (Å²) in [6.45, 7) is 7.60. The van der Waals surface area contributed by atoms with Gasteiger partial charge in [0.1, 0.15) is 18.0 Å². The Balaban J connectivity index is 2.97. The fourth-order valence-electron chi connectivity index (χ4n) is 2.28. The topological polar surface area (TPSA) is 38.8 Å². The molecule has 0 radical (unpaired) electrons. The SMILES string of the molecule is CCCCCN(Cc1cc(Br)ccc1OCC(F)F)C(=O)OC(C)(C)C. The Morgan fingerprint density at radius 3 is 2.54 bits per heavy atom. The van der Waals surface area contributed by atoms with Crippen LogP contribution in [0.5, 0.6) is 5.75 Å². The Hall–Kier alpha value is -1.37. The van der Waals surface area contributed by atoms with Crippen molar-refractivity contribution in [3.05, 3.63) is 28.2 Å². The van der Waals surface area contributed by atoms with E-state index in [1.54, 1.807) is 23.1 Å². The third-order valence-electron chi connectivity index (χ3n) is 3.43. The van der Waals surface area contributed by atoms with Crippen molar-refractivity contribution in [2.75, 3.05) is 13.2 Å². The number of rotatable bonds is 9. The smallest absolute Gasteiger partial charge is 0.410 e. The van der Waals surface area contributed by atoms with Crippen LogP contribution in [0.25, 0.3) is 0 Å². The number of carbonyl (C=O) groups is 1. The average Bonchev–Trinajstić information content (AvgIpc) is 2.51. The van der Waals surface area contributed by atoms with Crippen molar-refractivity contribution in [1.82, 2.24) is 4.90 Å². The largest absolute Gasteiger partial charge is 0.487 e. The molecule has 0 saturated carbocycles. The van der Waals surface area contributed by atoms with Gasteiger partial charge in [-0.2, -0.15) is 0 Å². The molecule has 0 bridgehead atoms. The first-order valence-electron chi connectivity index (χ1n) is 8.79. The summed E-state index contributed by atoms with van der Waals surface area (Å²) in [5, 5.41) is 0. The maximum Gasteiger partial charge on any atom is 0.410 e. The molecule has 0 N–H and O–H groups in total. The van der Waals surface area contributed by atoms with Gasteiger partial charge in [0.2, 0.25) is 0 Å². The van der Waals surface area contributed by atoms with Gasteiger partial charge in [0.25, 0.3) is 6.43 Å². The molecule has 4 nitrogen and oxygen atoms in total. The number of ether oxygens (including phenoxy) is 2. The van der Waals surface area contributed by atoms with E-state index in [0.717, 1.165) is 23.7 Å². The van der Waals surface area contributed by atoms with E-state index in [0.29, 0.717) is 17.9 Å². The minimum absolute atomic E-state index is 0.233. The van der Waals surface area contributed by atoms with Crippen LogP contribution in [-0.2, 0) is 11.3 Å². The molecule has 148 valence electrons. The lowest BCUT2D eigenvalue weighted by Gasteiger charge is -2.28. The fraction of sp³-hybridized carbons (Fsp3) is 0.632. The van der Waals surface area contributed by atoms with Crippen molar-refractivity contribution in [2.24, 2.45) is 0 Å². The van der Waals surface area contributed by atoms with E-state index >= 15 is 0 Å². The zero-order valence-corrected chi connectivity index (χ0v) is 17.4. The second-order valence-corrected chi connectivity index (χ2v) is 7.98. The van der Waals surface area contributed by atoms with Crippen LogP contribution in [0.1, 0.15) is 52.5 Å². The number of alkyl halides is 2. The van der Waals surface area contributed by atoms with Gasteiger partial charge in [-0.05, 0) is 45.4 Å². The molecule has 26 heavy (non-hydrogen) atoms. The minimum Gasteiger partial charge on any atom is -0.487 e. The van der Waals surface area contributed by atoms with Crippen molar-refractivity contribution < 1.29 is 23.0 Å². The number of carbonyl (C=O) groups excluding carboxylic acids is 1. The third-order valence-corrected chi connectivity index (χ3v) is 3.93. The summed E-state index contributed by atoms with van der Waals surface area (Å²) in [4.78, 5) is 14.1. The second kappa shape index (κ2) is 10.7. The first-order chi connectivity index (χ1) is 12.1. The maximum absolute atomic E-state index is 12.6. The van der Waals surface area contributed by atoms with Gasteiger partial charge in [-0.1, -0.05) is 35.7 Å². The van der Waals surface area contributed by atoms with E-state index in [1.807, 2.05) is 20.8 Å². The molecule has 0 saturated heterocycles. The Morgan fingerprint density at radius 2 is 1.96 bits per heavy atom. The predicted octanol–water partition coefficient (Wildman–Crippen LogP) is 6.02. The van der Waals surface area contributed by atoms with Gasteiger partial charge in [-0.15, -0.1) is 0 Å². The minimum atomic E-state index is -2.56. The molecule has 1 rings (SSSR count). The van der Waals surface area contributed by atoms with Crippen molar-refractivity contribution >= 4 is 22.0 Å². The van der Waals surface area contributed by atoms with Gasteiger partial charge in [-0.25, -0.2) is 13.6 Å². The van der Waals surface area contributed by atoms with Crippen LogP contribution in [-0.4, -0.2) is 36.2 Å². The normalized spacial score (nSPS) is 11.5. The zero-order chi connectivity index (χ0) is 19.7. The number of hydrogen-bond donors (Lipinski definition) is 0. The van der Waals surface area contributed by atoms with Crippen LogP contribution >= 0.6 is 15.9 Å². The standard InChI is InChI=1S/C19H28BrF2NO3/c1-5-6-7-10-23(18(24)26-19(2,3)4)12-14-11-15(20)8-9-16(14)25-13-17(21)22/h8-9,11,17H,5-7,10,12-13H2,1-4H3. The van der Waals surface area contributed by atoms with E-state index in [4.69, 9.17) is 9.47 Å². The molecule has 1 aromatic carbocycles. The Labute approximate surface area is 163 Å². The maximum atomic E-state index is 12.6. The third kappa shape index (κ3) is 8.83. The molecule has 0 aliphatic carbocycles. The molecule has 0 spiro atoms. The lowest BCUT2D eigenvalue weighted by molar-refractivity contribution is 0.0227. The van der Waals surface area contributed by atoms with Gasteiger partial charge in [-0.3, -0.25) is 0 Å². The quantitative estimate of drug-likeness (QED) is 0.445. The molecule has 1 amide bonds. The average molecular weight is 436 g/mol. The highest BCUT2D eigenvalue weighted by Crippen LogP contribution is 2.26. The van der Waals surface area contributed by atoms with Crippen LogP contribution in [0.2, 0.25) is 0 Å². The number of halogens is 3. The van der Waals surface area contributed by atoms with Crippen LogP contribution < -0.4 is 4.74 Å². The van der Waals surface area contributed by atoms with E-state index in [9.17, 15) is 13.6 Å². The first-order valence-corrected chi connectivity index (χ1v) is 9.59. The molecule has 1 aromatic rings. The van der Waals surface area contributed by atoms with Crippen molar-refractivity contribution in [1.29, 1.82) is 0 Å². The molecule has 0 aromatic heterocycles. The summed E-state index contributed by atoms with van der Waals surface area (Å²) < 4.78 is 36.5. The number of unbranched alkanes of at least 4 members (excludes halogenated alkanes) is 2. The molecule has 0 heterocycles. The first kappa shape index (κ1) is 22.7. The number of nitrogens with zero attached hydrogens (tertiary/aromatic N) is 1. The highest BCUT2D eigenvalue weighted by Gasteiger charge is 2.23.